The average Bonchev–Trinajstić information content (AvgIpc) is 3.11. The van der Waals surface area contributed by atoms with Gasteiger partial charge in [-0.15, -0.1) is 0 Å². The number of hydrogen-bond acceptors (Lipinski definition) is 5. The van der Waals surface area contributed by atoms with Gasteiger partial charge in [-0.3, -0.25) is 4.79 Å². The fraction of sp³-hybridized carbons (Fsp3) is 0.200. The highest BCUT2D eigenvalue weighted by atomic mass is 19.1. The molecule has 1 saturated heterocycles. The van der Waals surface area contributed by atoms with Crippen molar-refractivity contribution in [3.05, 3.63) is 63.5 Å². The van der Waals surface area contributed by atoms with Crippen molar-refractivity contribution in [2.45, 2.75) is 12.5 Å². The van der Waals surface area contributed by atoms with Crippen LogP contribution in [0.2, 0.25) is 0 Å². The van der Waals surface area contributed by atoms with E-state index in [1.807, 2.05) is 0 Å². The van der Waals surface area contributed by atoms with Crippen molar-refractivity contribution in [2.24, 2.45) is 0 Å². The number of aliphatic hydroxyl groups excluding tert-OH is 1. The Kier molecular flexibility index (Phi) is 4.85. The molecule has 0 bridgehead atoms. The number of carboxylic acids is 1. The first-order chi connectivity index (χ1) is 14.6. The normalized spacial score (nSPS) is 16.3. The number of carbonyl (C=O) groups is 1. The molecule has 0 spiro atoms. The van der Waals surface area contributed by atoms with Crippen LogP contribution in [-0.2, 0) is 0 Å². The molecule has 1 aliphatic rings. The Labute approximate surface area is 171 Å². The molecule has 1 aliphatic heterocycles. The lowest BCUT2D eigenvalue weighted by Crippen LogP contribution is -2.25. The van der Waals surface area contributed by atoms with Gasteiger partial charge in [0.15, 0.2) is 5.82 Å². The van der Waals surface area contributed by atoms with Gasteiger partial charge in [0, 0.05) is 25.4 Å². The molecule has 1 fully saturated rings. The number of carboxylic acid groups (broad SMARTS) is 1. The summed E-state index contributed by atoms with van der Waals surface area (Å²) in [6.07, 6.45) is 0.109. The number of halogens is 4. The summed E-state index contributed by atoms with van der Waals surface area (Å²) in [5.41, 5.74) is 1.21. The van der Waals surface area contributed by atoms with Gasteiger partial charge in [-0.2, -0.15) is 0 Å². The third kappa shape index (κ3) is 3.26. The molecule has 2 aromatic carbocycles. The summed E-state index contributed by atoms with van der Waals surface area (Å²) >= 11 is 0. The van der Waals surface area contributed by atoms with Crippen LogP contribution in [0.15, 0.2) is 29.2 Å². The van der Waals surface area contributed by atoms with E-state index < -0.39 is 74.3 Å². The number of hydrogen-bond donors (Lipinski definition) is 3. The predicted molar refractivity (Wildman–Crippen MR) is 104 cm³/mol. The van der Waals surface area contributed by atoms with Gasteiger partial charge >= 0.3 is 5.97 Å². The molecular formula is C20H15F4N3O4. The van der Waals surface area contributed by atoms with Crippen LogP contribution in [0.3, 0.4) is 0 Å². The van der Waals surface area contributed by atoms with Crippen LogP contribution in [0.25, 0.3) is 16.6 Å². The average molecular weight is 437 g/mol. The Hall–Kier alpha value is -3.60. The number of pyridine rings is 1. The highest BCUT2D eigenvalue weighted by Gasteiger charge is 2.30. The van der Waals surface area contributed by atoms with Gasteiger partial charge in [-0.05, 0) is 18.6 Å². The second-order valence-corrected chi connectivity index (χ2v) is 7.18. The van der Waals surface area contributed by atoms with Crippen molar-refractivity contribution in [2.75, 3.05) is 23.7 Å². The van der Waals surface area contributed by atoms with Gasteiger partial charge in [-0.1, -0.05) is 0 Å². The molecule has 1 aromatic heterocycles. The minimum Gasteiger partial charge on any atom is -0.477 e. The van der Waals surface area contributed by atoms with Crippen molar-refractivity contribution >= 4 is 28.2 Å². The maximum absolute atomic E-state index is 15.6. The van der Waals surface area contributed by atoms with Crippen LogP contribution < -0.4 is 16.1 Å². The molecule has 0 radical (unpaired) electrons. The van der Waals surface area contributed by atoms with Crippen LogP contribution in [-0.4, -0.2) is 39.9 Å². The Morgan fingerprint density at radius 1 is 1.10 bits per heavy atom. The standard InChI is InChI=1S/C20H15F4N3O4/c21-11-4-12(22)15(5-14(11)25)27-7-10(20(30)31)19(29)9-3-13(23)18(16(24)17(9)27)26-2-1-8(28)6-26/h3-5,7-8,28H,1-2,6,25H2,(H,30,31). The van der Waals surface area contributed by atoms with Crippen molar-refractivity contribution in [3.8, 4) is 5.69 Å². The third-order valence-corrected chi connectivity index (χ3v) is 5.19. The minimum absolute atomic E-state index is 0.0748. The summed E-state index contributed by atoms with van der Waals surface area (Å²) < 4.78 is 59.3. The quantitative estimate of drug-likeness (QED) is 0.429. The number of rotatable bonds is 3. The second kappa shape index (κ2) is 7.27. The highest BCUT2D eigenvalue weighted by molar-refractivity contribution is 5.94. The van der Waals surface area contributed by atoms with E-state index in [9.17, 15) is 33.0 Å². The molecule has 2 heterocycles. The molecule has 3 aromatic rings. The first-order valence-corrected chi connectivity index (χ1v) is 9.08. The van der Waals surface area contributed by atoms with E-state index in [4.69, 9.17) is 5.73 Å². The fourth-order valence-electron chi connectivity index (χ4n) is 3.72. The monoisotopic (exact) mass is 437 g/mol. The van der Waals surface area contributed by atoms with E-state index in [1.165, 1.54) is 4.90 Å². The third-order valence-electron chi connectivity index (χ3n) is 5.19. The van der Waals surface area contributed by atoms with E-state index in [0.717, 1.165) is 6.07 Å². The zero-order valence-electron chi connectivity index (χ0n) is 15.7. The van der Waals surface area contributed by atoms with E-state index in [1.54, 1.807) is 0 Å². The Bertz CT molecular complexity index is 1310. The van der Waals surface area contributed by atoms with Gasteiger partial charge in [0.2, 0.25) is 5.43 Å². The van der Waals surface area contributed by atoms with E-state index in [2.05, 4.69) is 0 Å². The number of aromatic carboxylic acids is 1. The topological polar surface area (TPSA) is 109 Å². The lowest BCUT2D eigenvalue weighted by atomic mass is 10.1. The number of anilines is 2. The van der Waals surface area contributed by atoms with Crippen molar-refractivity contribution < 1.29 is 32.6 Å². The van der Waals surface area contributed by atoms with Crippen molar-refractivity contribution in [3.63, 3.8) is 0 Å². The lowest BCUT2D eigenvalue weighted by molar-refractivity contribution is 0.0695. The largest absolute Gasteiger partial charge is 0.477 e. The molecule has 0 amide bonds. The smallest absolute Gasteiger partial charge is 0.341 e. The summed E-state index contributed by atoms with van der Waals surface area (Å²) in [5, 5.41) is 18.4. The summed E-state index contributed by atoms with van der Waals surface area (Å²) in [5.74, 6) is -6.42. The number of aromatic nitrogens is 1. The van der Waals surface area contributed by atoms with E-state index in [-0.39, 0.29) is 19.5 Å². The lowest BCUT2D eigenvalue weighted by Gasteiger charge is -2.22. The zero-order valence-corrected chi connectivity index (χ0v) is 15.7. The zero-order chi connectivity index (χ0) is 22.6. The van der Waals surface area contributed by atoms with Crippen LogP contribution >= 0.6 is 0 Å². The first-order valence-electron chi connectivity index (χ1n) is 9.08. The van der Waals surface area contributed by atoms with Crippen molar-refractivity contribution in [1.82, 2.24) is 4.57 Å². The fourth-order valence-corrected chi connectivity index (χ4v) is 3.72. The maximum atomic E-state index is 15.6. The highest BCUT2D eigenvalue weighted by Crippen LogP contribution is 2.34. The number of benzene rings is 2. The summed E-state index contributed by atoms with van der Waals surface area (Å²) in [4.78, 5) is 25.3. The molecule has 1 unspecified atom stereocenters. The molecule has 0 saturated carbocycles. The molecule has 1 atom stereocenters. The molecule has 0 aliphatic carbocycles. The minimum atomic E-state index is -1.70. The van der Waals surface area contributed by atoms with E-state index >= 15 is 4.39 Å². The maximum Gasteiger partial charge on any atom is 0.341 e. The summed E-state index contributed by atoms with van der Waals surface area (Å²) in [7, 11) is 0. The van der Waals surface area contributed by atoms with E-state index in [0.29, 0.717) is 22.9 Å². The molecular weight excluding hydrogens is 422 g/mol. The van der Waals surface area contributed by atoms with Crippen LogP contribution in [0.1, 0.15) is 16.8 Å². The SMILES string of the molecule is Nc1cc(-n2cc(C(=O)O)c(=O)c3cc(F)c(N4CCC(O)C4)c(F)c32)c(F)cc1F. The molecule has 162 valence electrons. The number of nitrogens with zero attached hydrogens (tertiary/aromatic N) is 2. The number of fused-ring (bicyclic) bond motifs is 1. The van der Waals surface area contributed by atoms with Gasteiger partial charge in [0.25, 0.3) is 0 Å². The Morgan fingerprint density at radius 2 is 1.81 bits per heavy atom. The van der Waals surface area contributed by atoms with Crippen molar-refractivity contribution in [1.29, 1.82) is 0 Å². The molecule has 11 heteroatoms. The molecule has 31 heavy (non-hydrogen) atoms. The first kappa shape index (κ1) is 20.7. The van der Waals surface area contributed by atoms with Gasteiger partial charge in [0.1, 0.15) is 28.7 Å². The summed E-state index contributed by atoms with van der Waals surface area (Å²) in [6.45, 7) is 0.0461. The van der Waals surface area contributed by atoms with Gasteiger partial charge < -0.3 is 25.4 Å². The second-order valence-electron chi connectivity index (χ2n) is 7.18. The predicted octanol–water partition coefficient (Wildman–Crippen LogP) is 2.40. The molecule has 7 nitrogen and oxygen atoms in total. The van der Waals surface area contributed by atoms with Crippen LogP contribution in [0.4, 0.5) is 28.9 Å². The number of nitrogens with two attached hydrogens (primary N) is 1. The Balaban J connectivity index is 2.14. The summed E-state index contributed by atoms with van der Waals surface area (Å²) in [6, 6.07) is 1.89. The molecule has 4 N–H and O–H groups in total. The van der Waals surface area contributed by atoms with Gasteiger partial charge in [0.05, 0.1) is 28.4 Å². The van der Waals surface area contributed by atoms with Crippen LogP contribution in [0.5, 0.6) is 0 Å². The Morgan fingerprint density at radius 3 is 2.42 bits per heavy atom. The van der Waals surface area contributed by atoms with Crippen LogP contribution in [0, 0.1) is 23.3 Å². The number of β-amino-alcohol motifs (C(OH)–C–C–N with tert-alkyl or cyclic N) is 1. The molecule has 4 rings (SSSR count). The number of aliphatic hydroxyl groups is 1. The number of nitrogen functional groups attached to an aromatic ring is 1. The van der Waals surface area contributed by atoms with Gasteiger partial charge in [-0.25, -0.2) is 22.4 Å².